The molecule has 2 heterocycles. The van der Waals surface area contributed by atoms with Crippen LogP contribution in [0.5, 0.6) is 5.75 Å². The van der Waals surface area contributed by atoms with E-state index in [4.69, 9.17) is 4.74 Å². The summed E-state index contributed by atoms with van der Waals surface area (Å²) in [7, 11) is 1.61. The van der Waals surface area contributed by atoms with Crippen LogP contribution in [0.15, 0.2) is 60.7 Å². The van der Waals surface area contributed by atoms with E-state index in [9.17, 15) is 14.4 Å². The molecule has 2 aliphatic rings. The average molecular weight is 460 g/mol. The number of rotatable bonds is 7. The van der Waals surface area contributed by atoms with Crippen LogP contribution < -0.4 is 14.5 Å². The fourth-order valence-electron chi connectivity index (χ4n) is 5.04. The molecule has 7 nitrogen and oxygen atoms in total. The maximum atomic E-state index is 13.1. The number of piperazine rings is 1. The van der Waals surface area contributed by atoms with Gasteiger partial charge in [-0.15, -0.1) is 0 Å². The minimum atomic E-state index is -0.206. The maximum Gasteiger partial charge on any atom is 0.261 e. The Morgan fingerprint density at radius 1 is 0.853 bits per heavy atom. The van der Waals surface area contributed by atoms with Crippen LogP contribution >= 0.6 is 0 Å². The topological polar surface area (TPSA) is 72.6 Å². The Morgan fingerprint density at radius 3 is 2.03 bits per heavy atom. The summed E-state index contributed by atoms with van der Waals surface area (Å²) in [6, 6.07) is 18.5. The maximum absolute atomic E-state index is 13.1. The van der Waals surface area contributed by atoms with E-state index in [0.717, 1.165) is 49.2 Å². The smallest absolute Gasteiger partial charge is 0.261 e. The van der Waals surface area contributed by atoms with Crippen LogP contribution in [0, 0.1) is 0 Å². The monoisotopic (exact) mass is 459 g/mol. The number of hydrogen-bond donors (Lipinski definition) is 2. The molecule has 174 valence electrons. The minimum absolute atomic E-state index is 0.137. The Balaban J connectivity index is 1.16. The highest BCUT2D eigenvalue weighted by Crippen LogP contribution is 2.29. The molecule has 0 radical (unpaired) electrons. The first-order valence-corrected chi connectivity index (χ1v) is 11.8. The van der Waals surface area contributed by atoms with Crippen molar-refractivity contribution in [2.75, 3.05) is 52.9 Å². The Kier molecular flexibility index (Phi) is 6.13. The summed E-state index contributed by atoms with van der Waals surface area (Å²) >= 11 is 0. The summed E-state index contributed by atoms with van der Waals surface area (Å²) < 4.78 is 5.16. The number of methoxy groups -OCH3 is 1. The highest BCUT2D eigenvalue weighted by molar-refractivity contribution is 6.25. The van der Waals surface area contributed by atoms with Crippen molar-refractivity contribution < 1.29 is 28.9 Å². The number of ether oxygens (including phenoxy) is 1. The molecule has 2 N–H and O–H groups in total. The highest BCUT2D eigenvalue weighted by Gasteiger charge is 2.34. The van der Waals surface area contributed by atoms with Gasteiger partial charge in [-0.25, -0.2) is 0 Å². The lowest BCUT2D eigenvalue weighted by Crippen LogP contribution is -3.28. The van der Waals surface area contributed by atoms with E-state index in [2.05, 4.69) is 0 Å². The Morgan fingerprint density at radius 2 is 1.44 bits per heavy atom. The van der Waals surface area contributed by atoms with Gasteiger partial charge in [0.1, 0.15) is 38.5 Å². The second-order valence-corrected chi connectivity index (χ2v) is 9.05. The predicted molar refractivity (Wildman–Crippen MR) is 128 cm³/mol. The fraction of sp³-hybridized carbons (Fsp3) is 0.296. The SMILES string of the molecule is COc1ccc(C(=O)C[NH+]2CC[NH+](CCN3C(=O)c4cccc5cccc(c45)C3=O)CC2)cc1. The summed E-state index contributed by atoms with van der Waals surface area (Å²) in [6.07, 6.45) is 0. The zero-order chi connectivity index (χ0) is 23.7. The molecule has 0 bridgehead atoms. The quantitative estimate of drug-likeness (QED) is 0.389. The van der Waals surface area contributed by atoms with Crippen LogP contribution in [0.3, 0.4) is 0 Å². The van der Waals surface area contributed by atoms with Crippen molar-refractivity contribution in [1.29, 1.82) is 0 Å². The fourth-order valence-corrected chi connectivity index (χ4v) is 5.04. The molecule has 3 aromatic carbocycles. The standard InChI is InChI=1S/C27H27N3O4/c1-34-21-10-8-19(9-11-21)24(31)18-29-14-12-28(13-15-29)16-17-30-26(32)22-6-2-4-20-5-3-7-23(25(20)22)27(30)33/h2-11H,12-18H2,1H3/p+2. The van der Waals surface area contributed by atoms with Gasteiger partial charge in [0.15, 0.2) is 0 Å². The van der Waals surface area contributed by atoms with Crippen LogP contribution in [0.25, 0.3) is 10.8 Å². The van der Waals surface area contributed by atoms with E-state index >= 15 is 0 Å². The first kappa shape index (κ1) is 22.3. The van der Waals surface area contributed by atoms with Crippen molar-refractivity contribution in [2.45, 2.75) is 0 Å². The number of Topliss-reactive ketones (excluding diaryl/α,β-unsaturated/α-hetero) is 1. The Bertz CT molecular complexity index is 1200. The second-order valence-electron chi connectivity index (χ2n) is 9.05. The lowest BCUT2D eigenvalue weighted by atomic mass is 9.94. The Hall–Kier alpha value is -3.55. The zero-order valence-corrected chi connectivity index (χ0v) is 19.3. The van der Waals surface area contributed by atoms with E-state index < -0.39 is 0 Å². The summed E-state index contributed by atoms with van der Waals surface area (Å²) in [6.45, 7) is 5.19. The van der Waals surface area contributed by atoms with Gasteiger partial charge in [-0.2, -0.15) is 0 Å². The van der Waals surface area contributed by atoms with Gasteiger partial charge in [0.2, 0.25) is 5.78 Å². The van der Waals surface area contributed by atoms with Gasteiger partial charge in [0.25, 0.3) is 11.8 Å². The molecule has 1 fully saturated rings. The number of imide groups is 1. The summed E-state index contributed by atoms with van der Waals surface area (Å²) in [4.78, 5) is 42.8. The normalized spacial score (nSPS) is 20.0. The lowest BCUT2D eigenvalue weighted by molar-refractivity contribution is -1.01. The Labute approximate surface area is 198 Å². The molecule has 0 unspecified atom stereocenters. The molecule has 0 aliphatic carbocycles. The first-order valence-electron chi connectivity index (χ1n) is 11.8. The van der Waals surface area contributed by atoms with E-state index in [1.165, 1.54) is 14.7 Å². The van der Waals surface area contributed by atoms with Gasteiger partial charge in [0, 0.05) is 22.1 Å². The van der Waals surface area contributed by atoms with Crippen LogP contribution in [-0.2, 0) is 0 Å². The predicted octanol–water partition coefficient (Wildman–Crippen LogP) is 0.111. The number of ketones is 1. The van der Waals surface area contributed by atoms with Crippen molar-refractivity contribution in [3.63, 3.8) is 0 Å². The highest BCUT2D eigenvalue weighted by atomic mass is 16.5. The third kappa shape index (κ3) is 4.20. The average Bonchev–Trinajstić information content (AvgIpc) is 2.88. The number of carbonyl (C=O) groups is 3. The molecule has 0 aromatic heterocycles. The third-order valence-electron chi connectivity index (χ3n) is 7.03. The molecule has 1 saturated heterocycles. The molecule has 2 aliphatic heterocycles. The molecule has 0 atom stereocenters. The van der Waals surface area contributed by atoms with Crippen LogP contribution in [0.1, 0.15) is 31.1 Å². The van der Waals surface area contributed by atoms with Gasteiger partial charge in [-0.3, -0.25) is 19.3 Å². The number of nitrogens with zero attached hydrogens (tertiary/aromatic N) is 1. The van der Waals surface area contributed by atoms with Crippen LogP contribution in [0.2, 0.25) is 0 Å². The molecule has 5 rings (SSSR count). The van der Waals surface area contributed by atoms with Gasteiger partial charge < -0.3 is 14.5 Å². The molecule has 2 amide bonds. The van der Waals surface area contributed by atoms with Crippen molar-refractivity contribution in [1.82, 2.24) is 4.90 Å². The van der Waals surface area contributed by atoms with Gasteiger partial charge in [-0.05, 0) is 41.8 Å². The van der Waals surface area contributed by atoms with Crippen molar-refractivity contribution in [3.8, 4) is 5.75 Å². The number of nitrogens with one attached hydrogen (secondary N) is 2. The summed E-state index contributed by atoms with van der Waals surface area (Å²) in [5.74, 6) is 0.469. The van der Waals surface area contributed by atoms with Crippen molar-refractivity contribution in [3.05, 3.63) is 77.4 Å². The van der Waals surface area contributed by atoms with Gasteiger partial charge in [0.05, 0.1) is 20.2 Å². The zero-order valence-electron chi connectivity index (χ0n) is 19.3. The molecular weight excluding hydrogens is 430 g/mol. The van der Waals surface area contributed by atoms with Crippen molar-refractivity contribution >= 4 is 28.4 Å². The summed E-state index contributed by atoms with van der Waals surface area (Å²) in [5.41, 5.74) is 1.92. The number of amides is 2. The van der Waals surface area contributed by atoms with E-state index in [0.29, 0.717) is 29.8 Å². The molecule has 0 spiro atoms. The molecule has 3 aromatic rings. The van der Waals surface area contributed by atoms with Crippen LogP contribution in [0.4, 0.5) is 0 Å². The van der Waals surface area contributed by atoms with E-state index in [1.54, 1.807) is 7.11 Å². The minimum Gasteiger partial charge on any atom is -0.497 e. The lowest BCUT2D eigenvalue weighted by Gasteiger charge is -2.32. The second kappa shape index (κ2) is 9.37. The molecule has 34 heavy (non-hydrogen) atoms. The van der Waals surface area contributed by atoms with Crippen molar-refractivity contribution in [2.24, 2.45) is 0 Å². The molecule has 7 heteroatoms. The van der Waals surface area contributed by atoms with Gasteiger partial charge >= 0.3 is 0 Å². The third-order valence-corrected chi connectivity index (χ3v) is 7.03. The number of carbonyl (C=O) groups excluding carboxylic acids is 3. The molecule has 0 saturated carbocycles. The van der Waals surface area contributed by atoms with Gasteiger partial charge in [-0.1, -0.05) is 24.3 Å². The van der Waals surface area contributed by atoms with Crippen LogP contribution in [-0.4, -0.2) is 75.4 Å². The molecular formula is C27H29N3O4+2. The van der Waals surface area contributed by atoms with E-state index in [-0.39, 0.29) is 17.6 Å². The number of benzene rings is 3. The first-order chi connectivity index (χ1) is 16.5. The largest absolute Gasteiger partial charge is 0.497 e. The summed E-state index contributed by atoms with van der Waals surface area (Å²) in [5, 5.41) is 1.69. The van der Waals surface area contributed by atoms with E-state index in [1.807, 2.05) is 60.7 Å². The number of hydrogen-bond acceptors (Lipinski definition) is 4. The number of quaternary nitrogens is 2.